The number of aliphatic hydroxyl groups is 1. The lowest BCUT2D eigenvalue weighted by atomic mass is 10.2. The van der Waals surface area contributed by atoms with Crippen molar-refractivity contribution in [3.8, 4) is 0 Å². The summed E-state index contributed by atoms with van der Waals surface area (Å²) in [6.07, 6.45) is -3.95. The van der Waals surface area contributed by atoms with Crippen LogP contribution in [0.3, 0.4) is 0 Å². The first-order valence-electron chi connectivity index (χ1n) is 5.00. The molecule has 2 rings (SSSR count). The summed E-state index contributed by atoms with van der Waals surface area (Å²) in [5.41, 5.74) is -1.11. The lowest BCUT2D eigenvalue weighted by molar-refractivity contribution is -0.0898. The summed E-state index contributed by atoms with van der Waals surface area (Å²) in [5, 5.41) is 17.0. The van der Waals surface area contributed by atoms with E-state index in [1.807, 2.05) is 0 Å². The number of H-pyrrole nitrogens is 1. The Morgan fingerprint density at radius 2 is 2.05 bits per heavy atom. The molecular formula is C10H8BrClF3N3O2. The fraction of sp³-hybridized carbons (Fsp3) is 0.200. The van der Waals surface area contributed by atoms with E-state index in [1.165, 1.54) is 12.1 Å². The maximum atomic E-state index is 12.1. The molecule has 1 aliphatic heterocycles. The highest BCUT2D eigenvalue weighted by Crippen LogP contribution is 2.35. The van der Waals surface area contributed by atoms with Crippen LogP contribution >= 0.6 is 27.5 Å². The number of aliphatic hydroxyl groups excluding tert-OH is 1. The summed E-state index contributed by atoms with van der Waals surface area (Å²) in [4.78, 5) is 10.2. The van der Waals surface area contributed by atoms with Crippen molar-refractivity contribution in [3.05, 3.63) is 50.0 Å². The predicted octanol–water partition coefficient (Wildman–Crippen LogP) is 2.06. The highest BCUT2D eigenvalue weighted by atomic mass is 79.9. The van der Waals surface area contributed by atoms with Crippen LogP contribution in [0.4, 0.5) is 13.2 Å². The van der Waals surface area contributed by atoms with E-state index < -0.39 is 18.0 Å². The topological polar surface area (TPSA) is 78.0 Å². The van der Waals surface area contributed by atoms with E-state index in [0.717, 1.165) is 6.20 Å². The maximum absolute atomic E-state index is 12.1. The number of halogens is 5. The van der Waals surface area contributed by atoms with E-state index >= 15 is 0 Å². The molecule has 1 aromatic heterocycles. The summed E-state index contributed by atoms with van der Waals surface area (Å²) < 4.78 is 36.2. The average molecular weight is 375 g/mol. The van der Waals surface area contributed by atoms with Gasteiger partial charge in [-0.05, 0) is 28.1 Å². The Labute approximate surface area is 124 Å². The predicted molar refractivity (Wildman–Crippen MR) is 70.2 cm³/mol. The van der Waals surface area contributed by atoms with E-state index in [0.29, 0.717) is 11.2 Å². The van der Waals surface area contributed by atoms with Crippen LogP contribution in [-0.2, 0) is 0 Å². The second-order valence-electron chi connectivity index (χ2n) is 3.43. The van der Waals surface area contributed by atoms with Crippen molar-refractivity contribution >= 4 is 27.5 Å². The molecule has 1 unspecified atom stereocenters. The van der Waals surface area contributed by atoms with Gasteiger partial charge in [-0.2, -0.15) is 18.3 Å². The molecule has 1 aromatic rings. The van der Waals surface area contributed by atoms with Gasteiger partial charge in [0.2, 0.25) is 0 Å². The minimum Gasteiger partial charge on any atom is -0.370 e. The summed E-state index contributed by atoms with van der Waals surface area (Å²) in [7, 11) is 0. The maximum Gasteiger partial charge on any atom is 0.417 e. The zero-order valence-electron chi connectivity index (χ0n) is 9.58. The van der Waals surface area contributed by atoms with E-state index in [4.69, 9.17) is 16.7 Å². The Hall–Kier alpha value is -1.32. The number of dihydropyridines is 1. The first kappa shape index (κ1) is 16.7. The molecule has 0 aliphatic carbocycles. The summed E-state index contributed by atoms with van der Waals surface area (Å²) in [6, 6.07) is 2.75. The molecule has 20 heavy (non-hydrogen) atoms. The van der Waals surface area contributed by atoms with Crippen molar-refractivity contribution in [3.63, 3.8) is 0 Å². The number of nitrogens with one attached hydrogen (secondary N) is 2. The van der Waals surface area contributed by atoms with Crippen LogP contribution in [0.15, 0.2) is 39.3 Å². The minimum absolute atomic E-state index is 0.111. The van der Waals surface area contributed by atoms with Crippen molar-refractivity contribution in [1.29, 1.82) is 0 Å². The van der Waals surface area contributed by atoms with E-state index in [-0.39, 0.29) is 10.0 Å². The molecule has 0 radical (unpaired) electrons. The van der Waals surface area contributed by atoms with Gasteiger partial charge in [0.15, 0.2) is 0 Å². The second kappa shape index (κ2) is 6.91. The molecule has 10 heteroatoms. The molecule has 1 atom stereocenters. The molecule has 2 heterocycles. The Morgan fingerprint density at radius 3 is 2.45 bits per heavy atom. The molecule has 110 valence electrons. The van der Waals surface area contributed by atoms with Crippen molar-refractivity contribution in [2.75, 3.05) is 0 Å². The van der Waals surface area contributed by atoms with E-state index in [2.05, 4.69) is 31.4 Å². The number of hydrogen-bond acceptors (Lipinski definition) is 4. The zero-order valence-corrected chi connectivity index (χ0v) is 11.9. The molecule has 0 bridgehead atoms. The lowest BCUT2D eigenvalue weighted by Gasteiger charge is -2.18. The smallest absolute Gasteiger partial charge is 0.370 e. The molecular weight excluding hydrogens is 366 g/mol. The monoisotopic (exact) mass is 373 g/mol. The van der Waals surface area contributed by atoms with Gasteiger partial charge in [-0.25, -0.2) is 5.10 Å². The van der Waals surface area contributed by atoms with Crippen molar-refractivity contribution in [1.82, 2.24) is 15.5 Å². The largest absolute Gasteiger partial charge is 0.417 e. The number of nitrogens with zero attached hydrogens (tertiary/aromatic N) is 1. The molecule has 1 aliphatic rings. The van der Waals surface area contributed by atoms with Gasteiger partial charge in [0, 0.05) is 16.7 Å². The summed E-state index contributed by atoms with van der Waals surface area (Å²) in [5.74, 6) is 0. The normalized spacial score (nSPS) is 18.2. The Kier molecular flexibility index (Phi) is 5.78. The summed E-state index contributed by atoms with van der Waals surface area (Å²) in [6.45, 7) is 0. The fourth-order valence-electron chi connectivity index (χ4n) is 1.08. The van der Waals surface area contributed by atoms with Crippen LogP contribution in [0.5, 0.6) is 0 Å². The SMILES string of the molecule is O=c1ccc(Cl)n[nH]1.OC1C=C(C(F)(F)F)C(Br)=CN1. The number of hydrogen-bond donors (Lipinski definition) is 3. The Balaban J connectivity index is 0.000000217. The quantitative estimate of drug-likeness (QED) is 0.650. The van der Waals surface area contributed by atoms with Gasteiger partial charge in [0.1, 0.15) is 11.4 Å². The number of aromatic amines is 1. The number of allylic oxidation sites excluding steroid dienone is 2. The minimum atomic E-state index is -4.43. The Bertz CT molecular complexity index is 565. The molecule has 0 amide bonds. The van der Waals surface area contributed by atoms with Gasteiger partial charge in [-0.3, -0.25) is 4.79 Å². The first-order valence-corrected chi connectivity index (χ1v) is 6.17. The second-order valence-corrected chi connectivity index (χ2v) is 4.67. The highest BCUT2D eigenvalue weighted by Gasteiger charge is 2.36. The van der Waals surface area contributed by atoms with Gasteiger partial charge in [0.25, 0.3) is 5.56 Å². The lowest BCUT2D eigenvalue weighted by Crippen LogP contribution is -2.28. The van der Waals surface area contributed by atoms with Gasteiger partial charge in [0.05, 0.1) is 5.57 Å². The number of aromatic nitrogens is 2. The standard InChI is InChI=1S/C6H5BrF3NO.C4H3ClN2O/c7-4-2-11-5(12)1-3(4)6(8,9)10;5-3-1-2-4(8)7-6-3/h1-2,5,11-12H;1-2H,(H,7,8). The third-order valence-corrected chi connectivity index (χ3v) is 2.78. The van der Waals surface area contributed by atoms with Crippen LogP contribution in [0, 0.1) is 0 Å². The molecule has 0 fully saturated rings. The van der Waals surface area contributed by atoms with Crippen LogP contribution < -0.4 is 10.9 Å². The first-order chi connectivity index (χ1) is 9.20. The number of alkyl halides is 3. The third kappa shape index (κ3) is 5.35. The number of rotatable bonds is 0. The van der Waals surface area contributed by atoms with Gasteiger partial charge >= 0.3 is 6.18 Å². The molecule has 5 nitrogen and oxygen atoms in total. The molecule has 0 saturated heterocycles. The fourth-order valence-corrected chi connectivity index (χ4v) is 1.67. The zero-order chi connectivity index (χ0) is 15.3. The third-order valence-electron chi connectivity index (χ3n) is 1.91. The van der Waals surface area contributed by atoms with E-state index in [1.54, 1.807) is 0 Å². The van der Waals surface area contributed by atoms with E-state index in [9.17, 15) is 18.0 Å². The summed E-state index contributed by atoms with van der Waals surface area (Å²) >= 11 is 8.05. The van der Waals surface area contributed by atoms with Gasteiger partial charge in [-0.1, -0.05) is 11.6 Å². The van der Waals surface area contributed by atoms with Crippen LogP contribution in [0.1, 0.15) is 0 Å². The van der Waals surface area contributed by atoms with Crippen LogP contribution in [-0.4, -0.2) is 27.7 Å². The molecule has 3 N–H and O–H groups in total. The van der Waals surface area contributed by atoms with Gasteiger partial charge < -0.3 is 10.4 Å². The molecule has 0 saturated carbocycles. The molecule has 0 spiro atoms. The van der Waals surface area contributed by atoms with Crippen LogP contribution in [0.25, 0.3) is 0 Å². The van der Waals surface area contributed by atoms with Gasteiger partial charge in [-0.15, -0.1) is 0 Å². The van der Waals surface area contributed by atoms with Crippen molar-refractivity contribution in [2.24, 2.45) is 0 Å². The Morgan fingerprint density at radius 1 is 1.40 bits per heavy atom. The van der Waals surface area contributed by atoms with Crippen LogP contribution in [0.2, 0.25) is 5.15 Å². The van der Waals surface area contributed by atoms with Crippen molar-refractivity contribution in [2.45, 2.75) is 12.4 Å². The highest BCUT2D eigenvalue weighted by molar-refractivity contribution is 9.12. The molecule has 0 aromatic carbocycles. The average Bonchev–Trinajstić information content (AvgIpc) is 2.35. The van der Waals surface area contributed by atoms with Crippen molar-refractivity contribution < 1.29 is 18.3 Å².